The lowest BCUT2D eigenvalue weighted by molar-refractivity contribution is 0.139. The number of fused-ring (bicyclic) bond motifs is 2. The summed E-state index contributed by atoms with van der Waals surface area (Å²) in [5, 5.41) is 23.3. The van der Waals surface area contributed by atoms with Crippen molar-refractivity contribution in [1.29, 1.82) is 10.7 Å². The van der Waals surface area contributed by atoms with Crippen LogP contribution in [0.1, 0.15) is 29.2 Å². The van der Waals surface area contributed by atoms with E-state index in [-0.39, 0.29) is 11.9 Å². The Kier molecular flexibility index (Phi) is 4.04. The van der Waals surface area contributed by atoms with E-state index in [0.717, 1.165) is 22.3 Å². The van der Waals surface area contributed by atoms with Gasteiger partial charge >= 0.3 is 6.03 Å². The van der Waals surface area contributed by atoms with Crippen molar-refractivity contribution < 1.29 is 9.53 Å². The van der Waals surface area contributed by atoms with Crippen molar-refractivity contribution in [3.05, 3.63) is 89.5 Å². The second-order valence-corrected chi connectivity index (χ2v) is 7.48. The number of hydrogen-bond donors (Lipinski definition) is 3. The van der Waals surface area contributed by atoms with Gasteiger partial charge in [-0.05, 0) is 41.0 Å². The molecule has 3 aromatic rings. The second-order valence-electron chi connectivity index (χ2n) is 7.48. The summed E-state index contributed by atoms with van der Waals surface area (Å²) >= 11 is 0. The number of nitrogens with zero attached hydrogens (tertiary/aromatic N) is 1. The molecule has 30 heavy (non-hydrogen) atoms. The fourth-order valence-electron chi connectivity index (χ4n) is 4.21. The fraction of sp³-hybridized carbons (Fsp3) is 0.125. The van der Waals surface area contributed by atoms with Crippen LogP contribution in [0, 0.1) is 16.7 Å². The highest BCUT2D eigenvalue weighted by atomic mass is 16.5. The molecule has 2 atom stereocenters. The molecule has 0 aromatic heterocycles. The first-order valence-corrected chi connectivity index (χ1v) is 9.64. The van der Waals surface area contributed by atoms with Gasteiger partial charge < -0.3 is 10.1 Å². The largest absolute Gasteiger partial charge is 0.485 e. The van der Waals surface area contributed by atoms with Gasteiger partial charge in [0.2, 0.25) is 0 Å². The van der Waals surface area contributed by atoms with E-state index < -0.39 is 11.6 Å². The number of amides is 2. The van der Waals surface area contributed by atoms with E-state index in [9.17, 15) is 10.1 Å². The van der Waals surface area contributed by atoms with Gasteiger partial charge in [0.25, 0.3) is 0 Å². The number of carbonyl (C=O) groups excluding carboxylic acids is 1. The second kappa shape index (κ2) is 6.75. The molecule has 1 saturated heterocycles. The maximum atomic E-state index is 12.2. The standard InChI is InChI=1S/C24H18N4O2/c25-14-15-5-4-8-17(11-15)18-9-10-20-19(12-18)24(22(26)27-23(29)28-24)13-21(30-20)16-6-2-1-3-7-16/h1-12,21H,13H2,(H3,26,27,28,29). The van der Waals surface area contributed by atoms with Gasteiger partial charge in [0.15, 0.2) is 0 Å². The van der Waals surface area contributed by atoms with E-state index in [1.54, 1.807) is 6.07 Å². The van der Waals surface area contributed by atoms with E-state index in [1.807, 2.05) is 66.7 Å². The van der Waals surface area contributed by atoms with Gasteiger partial charge in [-0.25, -0.2) is 4.79 Å². The van der Waals surface area contributed by atoms with Crippen molar-refractivity contribution in [1.82, 2.24) is 10.6 Å². The monoisotopic (exact) mass is 394 g/mol. The van der Waals surface area contributed by atoms with E-state index in [1.165, 1.54) is 0 Å². The summed E-state index contributed by atoms with van der Waals surface area (Å²) in [6.45, 7) is 0. The summed E-state index contributed by atoms with van der Waals surface area (Å²) < 4.78 is 6.30. The van der Waals surface area contributed by atoms with Crippen LogP contribution >= 0.6 is 0 Å². The van der Waals surface area contributed by atoms with E-state index in [4.69, 9.17) is 10.1 Å². The first-order valence-electron chi connectivity index (χ1n) is 9.64. The summed E-state index contributed by atoms with van der Waals surface area (Å²) in [6, 6.07) is 24.7. The van der Waals surface area contributed by atoms with Gasteiger partial charge in [-0.3, -0.25) is 10.7 Å². The van der Waals surface area contributed by atoms with Crippen LogP contribution in [0.4, 0.5) is 4.79 Å². The van der Waals surface area contributed by atoms with Crippen molar-refractivity contribution in [2.24, 2.45) is 0 Å². The topological polar surface area (TPSA) is 98.0 Å². The minimum absolute atomic E-state index is 0.112. The highest BCUT2D eigenvalue weighted by molar-refractivity contribution is 6.09. The fourth-order valence-corrected chi connectivity index (χ4v) is 4.21. The average Bonchev–Trinajstić information content (AvgIpc) is 3.07. The van der Waals surface area contributed by atoms with Crippen molar-refractivity contribution in [3.63, 3.8) is 0 Å². The van der Waals surface area contributed by atoms with Crippen molar-refractivity contribution in [3.8, 4) is 22.9 Å². The zero-order valence-corrected chi connectivity index (χ0v) is 16.0. The predicted octanol–water partition coefficient (Wildman–Crippen LogP) is 4.23. The van der Waals surface area contributed by atoms with Crippen molar-refractivity contribution >= 4 is 11.9 Å². The van der Waals surface area contributed by atoms with Crippen LogP contribution in [0.3, 0.4) is 0 Å². The molecule has 2 amide bonds. The van der Waals surface area contributed by atoms with Gasteiger partial charge in [0.05, 0.1) is 11.6 Å². The van der Waals surface area contributed by atoms with Crippen LogP contribution in [-0.2, 0) is 5.54 Å². The Hall–Kier alpha value is -4.11. The van der Waals surface area contributed by atoms with Gasteiger partial charge in [0, 0.05) is 12.0 Å². The highest BCUT2D eigenvalue weighted by Gasteiger charge is 2.51. The van der Waals surface area contributed by atoms with Crippen LogP contribution < -0.4 is 15.4 Å². The molecule has 0 radical (unpaired) electrons. The molecule has 0 saturated carbocycles. The molecular formula is C24H18N4O2. The lowest BCUT2D eigenvalue weighted by atomic mass is 9.79. The third kappa shape index (κ3) is 2.80. The molecule has 2 unspecified atom stereocenters. The maximum Gasteiger partial charge on any atom is 0.321 e. The SMILES string of the molecule is N#Cc1cccc(-c2ccc3c(c2)C2(CC(c4ccccc4)O3)NC(=O)NC2=N)c1. The molecular weight excluding hydrogens is 376 g/mol. The molecule has 2 heterocycles. The molecule has 1 fully saturated rings. The first kappa shape index (κ1) is 18.0. The Labute approximate surface area is 173 Å². The quantitative estimate of drug-likeness (QED) is 0.606. The normalized spacial score (nSPS) is 21.9. The maximum absolute atomic E-state index is 12.2. The number of ether oxygens (including phenoxy) is 1. The molecule has 3 N–H and O–H groups in total. The summed E-state index contributed by atoms with van der Waals surface area (Å²) in [5.41, 5.74) is 3.08. The number of amidine groups is 1. The summed E-state index contributed by atoms with van der Waals surface area (Å²) in [7, 11) is 0. The zero-order valence-electron chi connectivity index (χ0n) is 16.0. The van der Waals surface area contributed by atoms with Gasteiger partial charge in [-0.1, -0.05) is 48.5 Å². The number of urea groups is 1. The van der Waals surface area contributed by atoms with Crippen molar-refractivity contribution in [2.75, 3.05) is 0 Å². The van der Waals surface area contributed by atoms with Gasteiger partial charge in [0.1, 0.15) is 23.2 Å². The van der Waals surface area contributed by atoms with Crippen LogP contribution in [0.25, 0.3) is 11.1 Å². The Balaban J connectivity index is 1.65. The number of nitrogens with one attached hydrogen (secondary N) is 3. The number of nitriles is 1. The molecule has 2 aliphatic heterocycles. The molecule has 1 spiro atoms. The molecule has 3 aromatic carbocycles. The molecule has 0 aliphatic carbocycles. The Morgan fingerprint density at radius 2 is 1.83 bits per heavy atom. The highest BCUT2D eigenvalue weighted by Crippen LogP contribution is 2.47. The number of benzene rings is 3. The average molecular weight is 394 g/mol. The Morgan fingerprint density at radius 3 is 2.57 bits per heavy atom. The summed E-state index contributed by atoms with van der Waals surface area (Å²) in [4.78, 5) is 12.2. The van der Waals surface area contributed by atoms with Crippen LogP contribution in [0.2, 0.25) is 0 Å². The first-order chi connectivity index (χ1) is 14.6. The number of hydrogen-bond acceptors (Lipinski definition) is 4. The third-order valence-electron chi connectivity index (χ3n) is 5.69. The van der Waals surface area contributed by atoms with Gasteiger partial charge in [-0.2, -0.15) is 5.26 Å². The van der Waals surface area contributed by atoms with Crippen LogP contribution in [-0.4, -0.2) is 11.9 Å². The molecule has 0 bridgehead atoms. The minimum atomic E-state index is -0.992. The summed E-state index contributed by atoms with van der Waals surface area (Å²) in [6.07, 6.45) is 0.107. The molecule has 6 heteroatoms. The van der Waals surface area contributed by atoms with E-state index in [2.05, 4.69) is 16.7 Å². The van der Waals surface area contributed by atoms with Crippen LogP contribution in [0.15, 0.2) is 72.8 Å². The Morgan fingerprint density at radius 1 is 1.03 bits per heavy atom. The minimum Gasteiger partial charge on any atom is -0.485 e. The number of rotatable bonds is 2. The van der Waals surface area contributed by atoms with E-state index >= 15 is 0 Å². The molecule has 6 nitrogen and oxygen atoms in total. The van der Waals surface area contributed by atoms with Crippen LogP contribution in [0.5, 0.6) is 5.75 Å². The van der Waals surface area contributed by atoms with E-state index in [0.29, 0.717) is 17.7 Å². The lowest BCUT2D eigenvalue weighted by Crippen LogP contribution is -2.48. The zero-order chi connectivity index (χ0) is 20.7. The smallest absolute Gasteiger partial charge is 0.321 e. The van der Waals surface area contributed by atoms with Gasteiger partial charge in [-0.15, -0.1) is 0 Å². The molecule has 2 aliphatic rings. The molecule has 5 rings (SSSR count). The van der Waals surface area contributed by atoms with Crippen molar-refractivity contribution in [2.45, 2.75) is 18.1 Å². The third-order valence-corrected chi connectivity index (χ3v) is 5.69. The number of carbonyl (C=O) groups is 1. The molecule has 146 valence electrons. The lowest BCUT2D eigenvalue weighted by Gasteiger charge is -2.39. The summed E-state index contributed by atoms with van der Waals surface area (Å²) in [5.74, 6) is 0.741. The Bertz CT molecular complexity index is 1220. The predicted molar refractivity (Wildman–Crippen MR) is 112 cm³/mol.